The molecule has 0 aliphatic carbocycles. The highest BCUT2D eigenvalue weighted by atomic mass is 32.2. The molecule has 5 heteroatoms. The average Bonchev–Trinajstić information content (AvgIpc) is 2.84. The van der Waals surface area contributed by atoms with Gasteiger partial charge in [0.15, 0.2) is 5.16 Å². The number of hydrogen-bond donors (Lipinski definition) is 1. The number of fused-ring (bicyclic) bond motifs is 3. The smallest absolute Gasteiger partial charge is 0.190 e. The van der Waals surface area contributed by atoms with Crippen LogP contribution in [-0.2, 0) is 0 Å². The fourth-order valence-corrected chi connectivity index (χ4v) is 3.81. The Labute approximate surface area is 132 Å². The highest BCUT2D eigenvalue weighted by Crippen LogP contribution is 2.37. The third-order valence-electron chi connectivity index (χ3n) is 2.95. The molecule has 3 nitrogen and oxygen atoms in total. The summed E-state index contributed by atoms with van der Waals surface area (Å²) in [6, 6.07) is 8.72. The van der Waals surface area contributed by atoms with E-state index in [0.717, 1.165) is 26.9 Å². The Hall–Kier alpha value is -1.59. The van der Waals surface area contributed by atoms with Crippen molar-refractivity contribution < 1.29 is 0 Å². The molecule has 2 heterocycles. The van der Waals surface area contributed by atoms with Gasteiger partial charge in [0.1, 0.15) is 5.82 Å². The van der Waals surface area contributed by atoms with E-state index in [1.54, 1.807) is 23.1 Å². The Morgan fingerprint density at radius 1 is 1.33 bits per heavy atom. The summed E-state index contributed by atoms with van der Waals surface area (Å²) in [6.45, 7) is 8.00. The molecule has 0 unspecified atom stereocenters. The van der Waals surface area contributed by atoms with Crippen molar-refractivity contribution in [2.75, 3.05) is 11.1 Å². The van der Waals surface area contributed by atoms with Crippen LogP contribution < -0.4 is 5.32 Å². The largest absolute Gasteiger partial charge is 0.367 e. The minimum absolute atomic E-state index is 0.338. The monoisotopic (exact) mass is 315 g/mol. The maximum Gasteiger partial charge on any atom is 0.190 e. The lowest BCUT2D eigenvalue weighted by Gasteiger charge is -2.10. The summed E-state index contributed by atoms with van der Waals surface area (Å²) in [4.78, 5) is 9.42. The van der Waals surface area contributed by atoms with Crippen LogP contribution in [0.2, 0.25) is 0 Å². The zero-order chi connectivity index (χ0) is 14.8. The van der Waals surface area contributed by atoms with Crippen molar-refractivity contribution in [1.82, 2.24) is 9.97 Å². The first-order valence-corrected chi connectivity index (χ1v) is 8.68. The van der Waals surface area contributed by atoms with E-state index in [1.165, 1.54) is 10.1 Å². The molecule has 0 atom stereocenters. The molecule has 0 amide bonds. The molecule has 0 spiro atoms. The molecule has 21 heavy (non-hydrogen) atoms. The second-order valence-electron chi connectivity index (χ2n) is 5.03. The van der Waals surface area contributed by atoms with Gasteiger partial charge in [0.05, 0.1) is 10.2 Å². The quantitative estimate of drug-likeness (QED) is 0.411. The van der Waals surface area contributed by atoms with E-state index < -0.39 is 0 Å². The summed E-state index contributed by atoms with van der Waals surface area (Å²) in [5.74, 6) is 1.75. The number of hydrogen-bond acceptors (Lipinski definition) is 5. The molecule has 1 N–H and O–H groups in total. The maximum atomic E-state index is 4.74. The Balaban J connectivity index is 2.22. The molecule has 0 aliphatic rings. The molecule has 0 radical (unpaired) electrons. The van der Waals surface area contributed by atoms with E-state index in [4.69, 9.17) is 4.98 Å². The van der Waals surface area contributed by atoms with Gasteiger partial charge in [-0.05, 0) is 19.9 Å². The Kier molecular flexibility index (Phi) is 4.12. The van der Waals surface area contributed by atoms with Gasteiger partial charge in [0.2, 0.25) is 0 Å². The minimum atomic E-state index is 0.338. The van der Waals surface area contributed by atoms with Gasteiger partial charge in [0, 0.05) is 21.9 Å². The lowest BCUT2D eigenvalue weighted by atomic mass is 10.2. The normalized spacial score (nSPS) is 11.4. The lowest BCUT2D eigenvalue weighted by Crippen LogP contribution is -2.11. The molecule has 0 fully saturated rings. The molecular weight excluding hydrogens is 298 g/mol. The zero-order valence-electron chi connectivity index (χ0n) is 12.1. The average molecular weight is 315 g/mol. The number of benzene rings is 1. The van der Waals surface area contributed by atoms with Crippen molar-refractivity contribution in [3.05, 3.63) is 36.9 Å². The molecule has 0 saturated heterocycles. The lowest BCUT2D eigenvalue weighted by molar-refractivity contribution is 0.878. The van der Waals surface area contributed by atoms with E-state index in [1.807, 2.05) is 6.08 Å². The van der Waals surface area contributed by atoms with Gasteiger partial charge in [-0.15, -0.1) is 17.9 Å². The number of thioether (sulfide) groups is 1. The van der Waals surface area contributed by atoms with Crippen LogP contribution in [0.4, 0.5) is 5.82 Å². The Morgan fingerprint density at radius 2 is 2.14 bits per heavy atom. The van der Waals surface area contributed by atoms with E-state index in [9.17, 15) is 0 Å². The van der Waals surface area contributed by atoms with Crippen LogP contribution in [0.3, 0.4) is 0 Å². The topological polar surface area (TPSA) is 37.8 Å². The van der Waals surface area contributed by atoms with Gasteiger partial charge in [0.25, 0.3) is 0 Å². The second kappa shape index (κ2) is 6.03. The summed E-state index contributed by atoms with van der Waals surface area (Å²) < 4.78 is 2.38. The van der Waals surface area contributed by atoms with Crippen molar-refractivity contribution in [3.63, 3.8) is 0 Å². The summed E-state index contributed by atoms with van der Waals surface area (Å²) >= 11 is 3.36. The SMILES string of the molecule is C=CCSc1nc(NC(C)C)c2sc3ccccc3c2n1. The van der Waals surface area contributed by atoms with Crippen molar-refractivity contribution in [2.45, 2.75) is 25.0 Å². The van der Waals surface area contributed by atoms with Crippen LogP contribution >= 0.6 is 23.1 Å². The predicted octanol–water partition coefficient (Wildman–Crippen LogP) is 4.94. The van der Waals surface area contributed by atoms with Gasteiger partial charge in [-0.1, -0.05) is 36.0 Å². The molecule has 1 aromatic carbocycles. The third kappa shape index (κ3) is 2.89. The predicted molar refractivity (Wildman–Crippen MR) is 94.6 cm³/mol. The Morgan fingerprint density at radius 3 is 2.90 bits per heavy atom. The summed E-state index contributed by atoms with van der Waals surface area (Å²) in [5, 5.41) is 5.45. The van der Waals surface area contributed by atoms with E-state index >= 15 is 0 Å². The summed E-state index contributed by atoms with van der Waals surface area (Å²) in [7, 11) is 0. The molecule has 0 aliphatic heterocycles. The molecule has 0 saturated carbocycles. The van der Waals surface area contributed by atoms with Crippen LogP contribution in [0.25, 0.3) is 20.3 Å². The fraction of sp³-hybridized carbons (Fsp3) is 0.250. The van der Waals surface area contributed by atoms with Crippen LogP contribution in [0.1, 0.15) is 13.8 Å². The first-order chi connectivity index (χ1) is 10.2. The van der Waals surface area contributed by atoms with E-state index in [0.29, 0.717) is 6.04 Å². The Bertz CT molecular complexity index is 793. The first-order valence-electron chi connectivity index (χ1n) is 6.88. The van der Waals surface area contributed by atoms with Gasteiger partial charge in [-0.25, -0.2) is 9.97 Å². The van der Waals surface area contributed by atoms with Gasteiger partial charge < -0.3 is 5.32 Å². The molecule has 2 aromatic heterocycles. The summed E-state index contributed by atoms with van der Waals surface area (Å²) in [6.07, 6.45) is 1.87. The van der Waals surface area contributed by atoms with Gasteiger partial charge >= 0.3 is 0 Å². The van der Waals surface area contributed by atoms with E-state index in [2.05, 4.69) is 55.0 Å². The van der Waals surface area contributed by atoms with Crippen LogP contribution in [0, 0.1) is 0 Å². The fourth-order valence-electron chi connectivity index (χ4n) is 2.14. The number of rotatable bonds is 5. The van der Waals surface area contributed by atoms with Crippen molar-refractivity contribution in [1.29, 1.82) is 0 Å². The number of nitrogens with one attached hydrogen (secondary N) is 1. The number of thiophene rings is 1. The molecular formula is C16H17N3S2. The summed E-state index contributed by atoms with van der Waals surface area (Å²) in [5.41, 5.74) is 1.04. The highest BCUT2D eigenvalue weighted by Gasteiger charge is 2.14. The standard InChI is InChI=1S/C16H17N3S2/c1-4-9-20-16-18-13-11-7-5-6-8-12(11)21-14(13)15(19-16)17-10(2)3/h4-8,10H,1,9H2,2-3H3,(H,17,18,19). The number of nitrogens with zero attached hydrogens (tertiary/aromatic N) is 2. The number of anilines is 1. The van der Waals surface area contributed by atoms with Crippen LogP contribution in [0.15, 0.2) is 42.1 Å². The van der Waals surface area contributed by atoms with E-state index in [-0.39, 0.29) is 0 Å². The van der Waals surface area contributed by atoms with Gasteiger partial charge in [-0.3, -0.25) is 0 Å². The van der Waals surface area contributed by atoms with Crippen molar-refractivity contribution in [3.8, 4) is 0 Å². The number of aromatic nitrogens is 2. The second-order valence-corrected chi connectivity index (χ2v) is 7.07. The third-order valence-corrected chi connectivity index (χ3v) is 4.96. The van der Waals surface area contributed by atoms with Gasteiger partial charge in [-0.2, -0.15) is 0 Å². The molecule has 3 aromatic rings. The first kappa shape index (κ1) is 14.4. The van der Waals surface area contributed by atoms with Crippen molar-refractivity contribution in [2.24, 2.45) is 0 Å². The highest BCUT2D eigenvalue weighted by molar-refractivity contribution is 7.99. The minimum Gasteiger partial charge on any atom is -0.367 e. The molecule has 3 rings (SSSR count). The maximum absolute atomic E-state index is 4.74. The molecule has 0 bridgehead atoms. The zero-order valence-corrected chi connectivity index (χ0v) is 13.7. The van der Waals surface area contributed by atoms with Crippen LogP contribution in [0.5, 0.6) is 0 Å². The molecule has 108 valence electrons. The van der Waals surface area contributed by atoms with Crippen molar-refractivity contribution >= 4 is 49.2 Å². The van der Waals surface area contributed by atoms with Crippen LogP contribution in [-0.4, -0.2) is 21.8 Å².